The van der Waals surface area contributed by atoms with E-state index in [-0.39, 0.29) is 5.91 Å². The van der Waals surface area contributed by atoms with Gasteiger partial charge in [-0.15, -0.1) is 11.3 Å². The summed E-state index contributed by atoms with van der Waals surface area (Å²) in [6.07, 6.45) is 0. The zero-order chi connectivity index (χ0) is 20.1. The smallest absolute Gasteiger partial charge is 0.238 e. The number of hydrogen-bond donors (Lipinski definition) is 1. The highest BCUT2D eigenvalue weighted by Gasteiger charge is 2.20. The number of rotatable bonds is 6. The minimum absolute atomic E-state index is 0.0503. The number of benzene rings is 2. The van der Waals surface area contributed by atoms with Gasteiger partial charge in [-0.1, -0.05) is 48.0 Å². The van der Waals surface area contributed by atoms with Crippen molar-refractivity contribution in [2.24, 2.45) is 0 Å². The molecule has 0 unspecified atom stereocenters. The first kappa shape index (κ1) is 19.8. The summed E-state index contributed by atoms with van der Waals surface area (Å²) in [5, 5.41) is 6.22. The van der Waals surface area contributed by atoms with Crippen molar-refractivity contribution >= 4 is 22.9 Å². The van der Waals surface area contributed by atoms with Crippen LogP contribution in [0.5, 0.6) is 0 Å². The Morgan fingerprint density at radius 1 is 1.00 bits per heavy atom. The maximum atomic E-state index is 12.3. The minimum atomic E-state index is 0.0503. The summed E-state index contributed by atoms with van der Waals surface area (Å²) in [5.41, 5.74) is 4.35. The molecule has 2 aromatic carbocycles. The van der Waals surface area contributed by atoms with Crippen molar-refractivity contribution < 1.29 is 4.79 Å². The Balaban J connectivity index is 1.23. The van der Waals surface area contributed by atoms with Crippen molar-refractivity contribution in [2.45, 2.75) is 13.5 Å². The molecular weight excluding hydrogens is 380 g/mol. The van der Waals surface area contributed by atoms with Crippen molar-refractivity contribution in [1.82, 2.24) is 14.8 Å². The molecule has 0 aliphatic carbocycles. The number of piperazine rings is 1. The van der Waals surface area contributed by atoms with Gasteiger partial charge in [-0.05, 0) is 19.1 Å². The zero-order valence-corrected chi connectivity index (χ0v) is 17.5. The molecule has 1 fully saturated rings. The van der Waals surface area contributed by atoms with Crippen LogP contribution in [0.15, 0.2) is 60.0 Å². The summed E-state index contributed by atoms with van der Waals surface area (Å²) in [6.45, 7) is 7.06. The van der Waals surface area contributed by atoms with Crippen LogP contribution in [-0.2, 0) is 11.3 Å². The fourth-order valence-corrected chi connectivity index (χ4v) is 4.29. The fourth-order valence-electron chi connectivity index (χ4n) is 3.47. The van der Waals surface area contributed by atoms with Crippen molar-refractivity contribution in [1.29, 1.82) is 0 Å². The highest BCUT2D eigenvalue weighted by Crippen LogP contribution is 2.24. The molecule has 0 spiro atoms. The standard InChI is InChI=1S/C23H26N4OS/c1-18-7-9-20(10-8-18)24-22(28)16-27-13-11-26(12-14-27)15-21-17-29-23(25-21)19-5-3-2-4-6-19/h2-10,17H,11-16H2,1H3,(H,24,28). The van der Waals surface area contributed by atoms with Crippen LogP contribution in [0.3, 0.4) is 0 Å². The number of thiazole rings is 1. The molecule has 4 rings (SSSR count). The van der Waals surface area contributed by atoms with Crippen molar-refractivity contribution in [3.8, 4) is 10.6 Å². The quantitative estimate of drug-likeness (QED) is 0.675. The second-order valence-electron chi connectivity index (χ2n) is 7.48. The van der Waals surface area contributed by atoms with Crippen LogP contribution in [0.4, 0.5) is 5.69 Å². The predicted molar refractivity (Wildman–Crippen MR) is 119 cm³/mol. The van der Waals surface area contributed by atoms with E-state index in [4.69, 9.17) is 4.98 Å². The van der Waals surface area contributed by atoms with E-state index in [0.29, 0.717) is 6.54 Å². The number of carbonyl (C=O) groups excluding carboxylic acids is 1. The van der Waals surface area contributed by atoms with Gasteiger partial charge >= 0.3 is 0 Å². The summed E-state index contributed by atoms with van der Waals surface area (Å²) in [6, 6.07) is 18.2. The zero-order valence-electron chi connectivity index (χ0n) is 16.7. The fraction of sp³-hybridized carbons (Fsp3) is 0.304. The van der Waals surface area contributed by atoms with Gasteiger partial charge in [-0.25, -0.2) is 4.98 Å². The molecule has 0 saturated carbocycles. The lowest BCUT2D eigenvalue weighted by Gasteiger charge is -2.33. The molecule has 1 aliphatic rings. The monoisotopic (exact) mass is 406 g/mol. The molecule has 0 atom stereocenters. The average molecular weight is 407 g/mol. The van der Waals surface area contributed by atoms with Gasteiger partial charge in [0.2, 0.25) is 5.91 Å². The number of anilines is 1. The van der Waals surface area contributed by atoms with Crippen LogP contribution < -0.4 is 5.32 Å². The number of carbonyl (C=O) groups is 1. The largest absolute Gasteiger partial charge is 0.325 e. The first-order chi connectivity index (χ1) is 14.2. The molecular formula is C23H26N4OS. The number of aryl methyl sites for hydroxylation is 1. The van der Waals surface area contributed by atoms with Gasteiger partial charge < -0.3 is 5.32 Å². The molecule has 5 nitrogen and oxygen atoms in total. The lowest BCUT2D eigenvalue weighted by molar-refractivity contribution is -0.117. The molecule has 1 amide bonds. The van der Waals surface area contributed by atoms with Gasteiger partial charge in [-0.3, -0.25) is 14.6 Å². The second-order valence-corrected chi connectivity index (χ2v) is 8.33. The first-order valence-corrected chi connectivity index (χ1v) is 10.8. The third-order valence-corrected chi connectivity index (χ3v) is 6.07. The van der Waals surface area contributed by atoms with E-state index in [1.807, 2.05) is 49.4 Å². The Bertz CT molecular complexity index is 931. The van der Waals surface area contributed by atoms with Crippen molar-refractivity contribution in [3.05, 3.63) is 71.2 Å². The molecule has 150 valence electrons. The minimum Gasteiger partial charge on any atom is -0.325 e. The lowest BCUT2D eigenvalue weighted by atomic mass is 10.2. The van der Waals surface area contributed by atoms with E-state index >= 15 is 0 Å². The predicted octanol–water partition coefficient (Wildman–Crippen LogP) is 3.87. The Hall–Kier alpha value is -2.54. The van der Waals surface area contributed by atoms with E-state index in [1.165, 1.54) is 11.1 Å². The van der Waals surface area contributed by atoms with Gasteiger partial charge in [0.05, 0.1) is 12.2 Å². The molecule has 3 aromatic rings. The van der Waals surface area contributed by atoms with Crippen LogP contribution >= 0.6 is 11.3 Å². The van der Waals surface area contributed by atoms with Gasteiger partial charge in [0, 0.05) is 49.4 Å². The summed E-state index contributed by atoms with van der Waals surface area (Å²) >= 11 is 1.70. The van der Waals surface area contributed by atoms with E-state index in [2.05, 4.69) is 32.6 Å². The molecule has 0 bridgehead atoms. The van der Waals surface area contributed by atoms with Crippen LogP contribution in [-0.4, -0.2) is 53.4 Å². The average Bonchev–Trinajstić information content (AvgIpc) is 3.20. The number of amides is 1. The molecule has 0 radical (unpaired) electrons. The normalized spacial score (nSPS) is 15.3. The molecule has 2 heterocycles. The van der Waals surface area contributed by atoms with Gasteiger partial charge in [0.25, 0.3) is 0 Å². The van der Waals surface area contributed by atoms with E-state index in [9.17, 15) is 4.79 Å². The van der Waals surface area contributed by atoms with Gasteiger partial charge in [0.15, 0.2) is 0 Å². The van der Waals surface area contributed by atoms with Crippen molar-refractivity contribution in [2.75, 3.05) is 38.0 Å². The van der Waals surface area contributed by atoms with Crippen LogP contribution in [0.1, 0.15) is 11.3 Å². The number of aromatic nitrogens is 1. The summed E-state index contributed by atoms with van der Waals surface area (Å²) in [5.74, 6) is 0.0503. The van der Waals surface area contributed by atoms with E-state index in [0.717, 1.165) is 49.1 Å². The SMILES string of the molecule is Cc1ccc(NC(=O)CN2CCN(Cc3csc(-c4ccccc4)n3)CC2)cc1. The van der Waals surface area contributed by atoms with Crippen LogP contribution in [0.25, 0.3) is 10.6 Å². The van der Waals surface area contributed by atoms with E-state index in [1.54, 1.807) is 11.3 Å². The molecule has 29 heavy (non-hydrogen) atoms. The topological polar surface area (TPSA) is 48.5 Å². The third kappa shape index (κ3) is 5.50. The molecule has 1 aliphatic heterocycles. The molecule has 1 saturated heterocycles. The molecule has 1 aromatic heterocycles. The molecule has 1 N–H and O–H groups in total. The Labute approximate surface area is 176 Å². The highest BCUT2D eigenvalue weighted by molar-refractivity contribution is 7.13. The Morgan fingerprint density at radius 2 is 1.69 bits per heavy atom. The molecule has 6 heteroatoms. The summed E-state index contributed by atoms with van der Waals surface area (Å²) in [4.78, 5) is 21.7. The van der Waals surface area contributed by atoms with Crippen LogP contribution in [0, 0.1) is 6.92 Å². The number of nitrogens with zero attached hydrogens (tertiary/aromatic N) is 3. The second kappa shape index (κ2) is 9.31. The summed E-state index contributed by atoms with van der Waals surface area (Å²) < 4.78 is 0. The van der Waals surface area contributed by atoms with Crippen LogP contribution in [0.2, 0.25) is 0 Å². The lowest BCUT2D eigenvalue weighted by Crippen LogP contribution is -2.48. The number of nitrogens with one attached hydrogen (secondary N) is 1. The number of hydrogen-bond acceptors (Lipinski definition) is 5. The van der Waals surface area contributed by atoms with E-state index < -0.39 is 0 Å². The third-order valence-electron chi connectivity index (χ3n) is 5.13. The maximum absolute atomic E-state index is 12.3. The Kier molecular flexibility index (Phi) is 6.34. The maximum Gasteiger partial charge on any atom is 0.238 e. The van der Waals surface area contributed by atoms with Gasteiger partial charge in [-0.2, -0.15) is 0 Å². The highest BCUT2D eigenvalue weighted by atomic mass is 32.1. The summed E-state index contributed by atoms with van der Waals surface area (Å²) in [7, 11) is 0. The Morgan fingerprint density at radius 3 is 2.41 bits per heavy atom. The van der Waals surface area contributed by atoms with Crippen molar-refractivity contribution in [3.63, 3.8) is 0 Å². The first-order valence-electron chi connectivity index (χ1n) is 9.97. The van der Waals surface area contributed by atoms with Gasteiger partial charge in [0.1, 0.15) is 5.01 Å².